The predicted octanol–water partition coefficient (Wildman–Crippen LogP) is 2.52. The average Bonchev–Trinajstić information content (AvgIpc) is 2.90. The second kappa shape index (κ2) is 11.5. The molecule has 2 aliphatic carbocycles. The third-order valence-corrected chi connectivity index (χ3v) is 7.62. The Hall–Kier alpha value is -2.12. The molecule has 0 radical (unpaired) electrons. The molecule has 8 nitrogen and oxygen atoms in total. The normalized spacial score (nSPS) is 28.5. The van der Waals surface area contributed by atoms with Crippen LogP contribution in [0.25, 0.3) is 0 Å². The summed E-state index contributed by atoms with van der Waals surface area (Å²) in [6, 6.07) is 0. The van der Waals surface area contributed by atoms with E-state index in [-0.39, 0.29) is 25.2 Å². The second-order valence-corrected chi connectivity index (χ2v) is 9.45. The Bertz CT molecular complexity index is 662. The van der Waals surface area contributed by atoms with Crippen LogP contribution in [0.3, 0.4) is 0 Å². The lowest BCUT2D eigenvalue weighted by atomic mass is 9.75. The Kier molecular flexibility index (Phi) is 9.32. The Labute approximate surface area is 184 Å². The van der Waals surface area contributed by atoms with Crippen LogP contribution in [0.1, 0.15) is 65.2 Å². The van der Waals surface area contributed by atoms with Gasteiger partial charge in [0.05, 0.1) is 23.7 Å². The van der Waals surface area contributed by atoms with Crippen molar-refractivity contribution < 1.29 is 29.4 Å². The van der Waals surface area contributed by atoms with Crippen molar-refractivity contribution >= 4 is 23.8 Å². The maximum atomic E-state index is 13.0. The van der Waals surface area contributed by atoms with E-state index in [2.05, 4.69) is 24.5 Å². The van der Waals surface area contributed by atoms with Crippen molar-refractivity contribution in [2.45, 2.75) is 65.2 Å². The Morgan fingerprint density at radius 3 is 2.00 bits per heavy atom. The highest BCUT2D eigenvalue weighted by Gasteiger charge is 2.45. The third-order valence-electron chi connectivity index (χ3n) is 7.62. The summed E-state index contributed by atoms with van der Waals surface area (Å²) in [7, 11) is 1.40. The van der Waals surface area contributed by atoms with Crippen molar-refractivity contribution in [1.82, 2.24) is 10.6 Å². The zero-order chi connectivity index (χ0) is 23.1. The molecule has 0 spiro atoms. The minimum Gasteiger partial charge on any atom is -0.481 e. The number of carboxylic acid groups (broad SMARTS) is 2. The minimum absolute atomic E-state index is 0.102. The minimum atomic E-state index is -1.16. The van der Waals surface area contributed by atoms with Gasteiger partial charge in [-0.05, 0) is 43.4 Å². The first kappa shape index (κ1) is 25.1. The first-order valence-corrected chi connectivity index (χ1v) is 11.6. The van der Waals surface area contributed by atoms with Gasteiger partial charge in [-0.3, -0.25) is 19.2 Å². The smallest absolute Gasteiger partial charge is 0.307 e. The van der Waals surface area contributed by atoms with Crippen LogP contribution in [-0.2, 0) is 19.2 Å². The van der Waals surface area contributed by atoms with Crippen molar-refractivity contribution in [1.29, 1.82) is 0 Å². The molecule has 8 heteroatoms. The fraction of sp³-hybridized carbons (Fsp3) is 0.826. The highest BCUT2D eigenvalue weighted by Crippen LogP contribution is 2.37. The van der Waals surface area contributed by atoms with Gasteiger partial charge in [-0.1, -0.05) is 39.5 Å². The first-order chi connectivity index (χ1) is 14.7. The lowest BCUT2D eigenvalue weighted by molar-refractivity contribution is -0.150. The molecule has 0 aromatic rings. The highest BCUT2D eigenvalue weighted by molar-refractivity contribution is 5.88. The molecule has 31 heavy (non-hydrogen) atoms. The molecule has 0 saturated heterocycles. The zero-order valence-electron chi connectivity index (χ0n) is 18.9. The number of carbonyl (C=O) groups excluding carboxylic acids is 2. The van der Waals surface area contributed by atoms with Gasteiger partial charge in [-0.2, -0.15) is 0 Å². The second-order valence-electron chi connectivity index (χ2n) is 9.45. The fourth-order valence-corrected chi connectivity index (χ4v) is 5.28. The molecule has 0 aliphatic heterocycles. The molecule has 2 saturated carbocycles. The molecular weight excluding hydrogens is 400 g/mol. The standard InChI is InChI=1S/C23H38N2O6/c1-4-15(13(2)10-14-6-5-7-14)12-25-21(27)16-8-9-17(22(28)29)18(20(26)24-3)11-19(16)23(30)31/h13-19H,4-12H2,1-3H3,(H,24,26)(H,25,27)(H,28,29)(H,30,31). The van der Waals surface area contributed by atoms with E-state index in [4.69, 9.17) is 0 Å². The van der Waals surface area contributed by atoms with E-state index in [1.807, 2.05) is 0 Å². The summed E-state index contributed by atoms with van der Waals surface area (Å²) in [5.74, 6) is -5.42. The summed E-state index contributed by atoms with van der Waals surface area (Å²) in [6.07, 6.45) is 6.05. The van der Waals surface area contributed by atoms with E-state index in [9.17, 15) is 29.4 Å². The van der Waals surface area contributed by atoms with Gasteiger partial charge in [0.2, 0.25) is 11.8 Å². The first-order valence-electron chi connectivity index (χ1n) is 11.6. The number of hydrogen-bond donors (Lipinski definition) is 4. The van der Waals surface area contributed by atoms with Crippen LogP contribution in [0.15, 0.2) is 0 Å². The molecule has 0 heterocycles. The van der Waals surface area contributed by atoms with Gasteiger partial charge in [0, 0.05) is 13.6 Å². The van der Waals surface area contributed by atoms with Crippen molar-refractivity contribution in [3.05, 3.63) is 0 Å². The molecule has 0 bridgehead atoms. The summed E-state index contributed by atoms with van der Waals surface area (Å²) >= 11 is 0. The van der Waals surface area contributed by atoms with Crippen LogP contribution in [0.4, 0.5) is 0 Å². The SMILES string of the molecule is CCC(CNC(=O)C1CCC(C(=O)O)C(C(=O)NC)CC1C(=O)O)C(C)CC1CCC1. The van der Waals surface area contributed by atoms with Gasteiger partial charge < -0.3 is 20.8 Å². The Balaban J connectivity index is 2.07. The summed E-state index contributed by atoms with van der Waals surface area (Å²) in [6.45, 7) is 4.81. The monoisotopic (exact) mass is 438 g/mol. The van der Waals surface area contributed by atoms with Crippen LogP contribution < -0.4 is 10.6 Å². The van der Waals surface area contributed by atoms with Crippen LogP contribution in [-0.4, -0.2) is 47.6 Å². The predicted molar refractivity (Wildman–Crippen MR) is 115 cm³/mol. The molecule has 176 valence electrons. The van der Waals surface area contributed by atoms with Crippen LogP contribution >= 0.6 is 0 Å². The van der Waals surface area contributed by atoms with Crippen molar-refractivity contribution in [2.24, 2.45) is 41.4 Å². The number of nitrogens with one attached hydrogen (secondary N) is 2. The number of rotatable bonds is 10. The van der Waals surface area contributed by atoms with Crippen molar-refractivity contribution in [3.63, 3.8) is 0 Å². The third kappa shape index (κ3) is 6.43. The zero-order valence-corrected chi connectivity index (χ0v) is 18.9. The number of carboxylic acids is 2. The number of hydrogen-bond acceptors (Lipinski definition) is 4. The maximum absolute atomic E-state index is 13.0. The van der Waals surface area contributed by atoms with Gasteiger partial charge >= 0.3 is 11.9 Å². The van der Waals surface area contributed by atoms with Crippen molar-refractivity contribution in [2.75, 3.05) is 13.6 Å². The molecule has 0 aromatic carbocycles. The topological polar surface area (TPSA) is 133 Å². The number of carbonyl (C=O) groups is 4. The molecule has 0 aromatic heterocycles. The number of amides is 2. The molecule has 6 unspecified atom stereocenters. The van der Waals surface area contributed by atoms with Gasteiger partial charge in [0.1, 0.15) is 0 Å². The van der Waals surface area contributed by atoms with Gasteiger partial charge in [0.15, 0.2) is 0 Å². The Morgan fingerprint density at radius 1 is 0.903 bits per heavy atom. The lowest BCUT2D eigenvalue weighted by Crippen LogP contribution is -2.42. The summed E-state index contributed by atoms with van der Waals surface area (Å²) < 4.78 is 0. The average molecular weight is 439 g/mol. The van der Waals surface area contributed by atoms with Crippen LogP contribution in [0.2, 0.25) is 0 Å². The van der Waals surface area contributed by atoms with E-state index in [0.29, 0.717) is 18.4 Å². The van der Waals surface area contributed by atoms with Gasteiger partial charge in [0.25, 0.3) is 0 Å². The Morgan fingerprint density at radius 2 is 1.52 bits per heavy atom. The van der Waals surface area contributed by atoms with Gasteiger partial charge in [-0.25, -0.2) is 0 Å². The van der Waals surface area contributed by atoms with E-state index in [1.54, 1.807) is 0 Å². The molecule has 2 rings (SSSR count). The molecule has 2 fully saturated rings. The van der Waals surface area contributed by atoms with Gasteiger partial charge in [-0.15, -0.1) is 0 Å². The van der Waals surface area contributed by atoms with E-state index >= 15 is 0 Å². The van der Waals surface area contributed by atoms with Crippen molar-refractivity contribution in [3.8, 4) is 0 Å². The quantitative estimate of drug-likeness (QED) is 0.387. The molecular formula is C23H38N2O6. The summed E-state index contributed by atoms with van der Waals surface area (Å²) in [4.78, 5) is 48.9. The lowest BCUT2D eigenvalue weighted by Gasteiger charge is -2.32. The molecule has 6 atom stereocenters. The van der Waals surface area contributed by atoms with E-state index < -0.39 is 41.5 Å². The molecule has 2 amide bonds. The highest BCUT2D eigenvalue weighted by atomic mass is 16.4. The summed E-state index contributed by atoms with van der Waals surface area (Å²) in [5.41, 5.74) is 0. The fourth-order valence-electron chi connectivity index (χ4n) is 5.28. The molecule has 4 N–H and O–H groups in total. The largest absolute Gasteiger partial charge is 0.481 e. The van der Waals surface area contributed by atoms with E-state index in [1.165, 1.54) is 26.3 Å². The van der Waals surface area contributed by atoms with Crippen LogP contribution in [0.5, 0.6) is 0 Å². The maximum Gasteiger partial charge on any atom is 0.307 e. The number of aliphatic carboxylic acids is 2. The molecule has 2 aliphatic rings. The summed E-state index contributed by atoms with van der Waals surface area (Å²) in [5, 5.41) is 24.7. The van der Waals surface area contributed by atoms with E-state index in [0.717, 1.165) is 18.8 Å². The van der Waals surface area contributed by atoms with Crippen LogP contribution in [0, 0.1) is 41.4 Å².